The quantitative estimate of drug-likeness (QED) is 0.800. The minimum absolute atomic E-state index is 0.0928. The second-order valence-corrected chi connectivity index (χ2v) is 4.66. The summed E-state index contributed by atoms with van der Waals surface area (Å²) in [5, 5.41) is 4.45. The zero-order chi connectivity index (χ0) is 15.8. The van der Waals surface area contributed by atoms with E-state index in [0.717, 1.165) is 16.7 Å². The van der Waals surface area contributed by atoms with Crippen LogP contribution in [0, 0.1) is 13.8 Å². The number of rotatable bonds is 5. The standard InChI is InChI=1S/C15H20N2O4/c1-4-16-15(20)17-13(18)9-21-14(19)8-12-6-5-10(2)11(3)7-12/h5-7H,4,8-9H2,1-3H3,(H2,16,17,18,20). The highest BCUT2D eigenvalue weighted by atomic mass is 16.5. The van der Waals surface area contributed by atoms with E-state index in [-0.39, 0.29) is 6.42 Å². The van der Waals surface area contributed by atoms with Gasteiger partial charge in [0.15, 0.2) is 6.61 Å². The van der Waals surface area contributed by atoms with Crippen molar-refractivity contribution in [3.63, 3.8) is 0 Å². The van der Waals surface area contributed by atoms with Crippen LogP contribution in [-0.2, 0) is 20.7 Å². The van der Waals surface area contributed by atoms with Crippen molar-refractivity contribution in [3.05, 3.63) is 34.9 Å². The van der Waals surface area contributed by atoms with Crippen molar-refractivity contribution in [2.75, 3.05) is 13.2 Å². The Hall–Kier alpha value is -2.37. The topological polar surface area (TPSA) is 84.5 Å². The van der Waals surface area contributed by atoms with Crippen molar-refractivity contribution in [3.8, 4) is 0 Å². The molecule has 21 heavy (non-hydrogen) atoms. The van der Waals surface area contributed by atoms with Crippen LogP contribution in [0.5, 0.6) is 0 Å². The molecule has 0 spiro atoms. The van der Waals surface area contributed by atoms with Gasteiger partial charge in [-0.3, -0.25) is 14.9 Å². The molecule has 1 aromatic rings. The van der Waals surface area contributed by atoms with Crippen LogP contribution in [0.3, 0.4) is 0 Å². The van der Waals surface area contributed by atoms with E-state index >= 15 is 0 Å². The van der Waals surface area contributed by atoms with Crippen LogP contribution in [0.1, 0.15) is 23.6 Å². The van der Waals surface area contributed by atoms with Crippen LogP contribution in [0.25, 0.3) is 0 Å². The van der Waals surface area contributed by atoms with Gasteiger partial charge >= 0.3 is 12.0 Å². The van der Waals surface area contributed by atoms with Crippen LogP contribution in [-0.4, -0.2) is 31.1 Å². The largest absolute Gasteiger partial charge is 0.455 e. The average molecular weight is 292 g/mol. The van der Waals surface area contributed by atoms with Gasteiger partial charge in [-0.05, 0) is 37.5 Å². The van der Waals surface area contributed by atoms with Gasteiger partial charge in [0.2, 0.25) is 0 Å². The van der Waals surface area contributed by atoms with E-state index in [0.29, 0.717) is 6.54 Å². The number of imide groups is 1. The molecular weight excluding hydrogens is 272 g/mol. The van der Waals surface area contributed by atoms with Gasteiger partial charge in [-0.2, -0.15) is 0 Å². The number of nitrogens with one attached hydrogen (secondary N) is 2. The summed E-state index contributed by atoms with van der Waals surface area (Å²) in [6.45, 7) is 5.62. The van der Waals surface area contributed by atoms with E-state index < -0.39 is 24.5 Å². The van der Waals surface area contributed by atoms with Gasteiger partial charge in [-0.1, -0.05) is 18.2 Å². The van der Waals surface area contributed by atoms with E-state index in [1.807, 2.05) is 32.0 Å². The fourth-order valence-corrected chi connectivity index (χ4v) is 1.64. The first kappa shape index (κ1) is 16.7. The summed E-state index contributed by atoms with van der Waals surface area (Å²) in [4.78, 5) is 34.0. The number of amides is 3. The summed E-state index contributed by atoms with van der Waals surface area (Å²) in [5.41, 5.74) is 3.06. The molecule has 114 valence electrons. The van der Waals surface area contributed by atoms with E-state index in [1.54, 1.807) is 6.92 Å². The third kappa shape index (κ3) is 6.07. The average Bonchev–Trinajstić information content (AvgIpc) is 2.41. The maximum Gasteiger partial charge on any atom is 0.321 e. The number of esters is 1. The number of carbonyl (C=O) groups excluding carboxylic acids is 3. The Labute approximate surface area is 123 Å². The van der Waals surface area contributed by atoms with Crippen molar-refractivity contribution in [1.29, 1.82) is 0 Å². The zero-order valence-electron chi connectivity index (χ0n) is 12.5. The Balaban J connectivity index is 2.38. The molecule has 0 saturated heterocycles. The van der Waals surface area contributed by atoms with Crippen LogP contribution in [0.15, 0.2) is 18.2 Å². The van der Waals surface area contributed by atoms with Crippen molar-refractivity contribution in [2.45, 2.75) is 27.2 Å². The molecular formula is C15H20N2O4. The maximum atomic E-state index is 11.6. The molecule has 0 fully saturated rings. The predicted octanol–water partition coefficient (Wildman–Crippen LogP) is 1.23. The lowest BCUT2D eigenvalue weighted by Crippen LogP contribution is -2.41. The number of hydrogen-bond donors (Lipinski definition) is 2. The lowest BCUT2D eigenvalue weighted by molar-refractivity contribution is -0.147. The van der Waals surface area contributed by atoms with Crippen LogP contribution in [0.2, 0.25) is 0 Å². The molecule has 3 amide bonds. The zero-order valence-corrected chi connectivity index (χ0v) is 12.5. The molecule has 0 aromatic heterocycles. The van der Waals surface area contributed by atoms with Crippen molar-refractivity contribution in [1.82, 2.24) is 10.6 Å². The highest BCUT2D eigenvalue weighted by Gasteiger charge is 2.11. The summed E-state index contributed by atoms with van der Waals surface area (Å²) < 4.78 is 4.83. The Kier molecular flexibility index (Phi) is 6.39. The fourth-order valence-electron chi connectivity index (χ4n) is 1.64. The minimum Gasteiger partial charge on any atom is -0.455 e. The summed E-state index contributed by atoms with van der Waals surface area (Å²) in [6, 6.07) is 5.08. The number of benzene rings is 1. The molecule has 6 heteroatoms. The molecule has 6 nitrogen and oxygen atoms in total. The Morgan fingerprint density at radius 2 is 1.86 bits per heavy atom. The Morgan fingerprint density at radius 3 is 2.48 bits per heavy atom. The van der Waals surface area contributed by atoms with Crippen LogP contribution < -0.4 is 10.6 Å². The molecule has 1 aromatic carbocycles. The Bertz CT molecular complexity index is 540. The highest BCUT2D eigenvalue weighted by Crippen LogP contribution is 2.10. The SMILES string of the molecule is CCNC(=O)NC(=O)COC(=O)Cc1ccc(C)c(C)c1. The maximum absolute atomic E-state index is 11.6. The molecule has 0 atom stereocenters. The molecule has 0 aliphatic rings. The van der Waals surface area contributed by atoms with E-state index in [1.165, 1.54) is 0 Å². The van der Waals surface area contributed by atoms with Crippen molar-refractivity contribution < 1.29 is 19.1 Å². The van der Waals surface area contributed by atoms with Gasteiger partial charge in [0, 0.05) is 6.54 Å². The molecule has 0 bridgehead atoms. The molecule has 1 rings (SSSR count). The van der Waals surface area contributed by atoms with E-state index in [4.69, 9.17) is 4.74 Å². The number of ether oxygens (including phenoxy) is 1. The third-order valence-electron chi connectivity index (χ3n) is 2.87. The molecule has 0 unspecified atom stereocenters. The van der Waals surface area contributed by atoms with Crippen molar-refractivity contribution >= 4 is 17.9 Å². The number of hydrogen-bond acceptors (Lipinski definition) is 4. The first-order chi connectivity index (χ1) is 9.92. The summed E-state index contributed by atoms with van der Waals surface area (Å²) >= 11 is 0. The second-order valence-electron chi connectivity index (χ2n) is 4.66. The normalized spacial score (nSPS) is 9.86. The first-order valence-corrected chi connectivity index (χ1v) is 6.71. The predicted molar refractivity (Wildman–Crippen MR) is 77.8 cm³/mol. The molecule has 2 N–H and O–H groups in total. The third-order valence-corrected chi connectivity index (χ3v) is 2.87. The van der Waals surface area contributed by atoms with Crippen LogP contribution in [0.4, 0.5) is 4.79 Å². The molecule has 0 saturated carbocycles. The first-order valence-electron chi connectivity index (χ1n) is 6.71. The van der Waals surface area contributed by atoms with Gasteiger partial charge in [-0.25, -0.2) is 4.79 Å². The molecule has 0 radical (unpaired) electrons. The molecule has 0 aliphatic carbocycles. The Morgan fingerprint density at radius 1 is 1.14 bits per heavy atom. The number of aryl methyl sites for hydroxylation is 2. The van der Waals surface area contributed by atoms with Gasteiger partial charge in [0.05, 0.1) is 6.42 Å². The summed E-state index contributed by atoms with van der Waals surface area (Å²) in [7, 11) is 0. The summed E-state index contributed by atoms with van der Waals surface area (Å²) in [6.07, 6.45) is 0.0928. The lowest BCUT2D eigenvalue weighted by atomic mass is 10.0. The smallest absolute Gasteiger partial charge is 0.321 e. The van der Waals surface area contributed by atoms with Gasteiger partial charge < -0.3 is 10.1 Å². The van der Waals surface area contributed by atoms with E-state index in [9.17, 15) is 14.4 Å². The monoisotopic (exact) mass is 292 g/mol. The van der Waals surface area contributed by atoms with Gasteiger partial charge in [0.25, 0.3) is 5.91 Å². The molecule has 0 heterocycles. The second kappa shape index (κ2) is 8.04. The lowest BCUT2D eigenvalue weighted by Gasteiger charge is -2.07. The van der Waals surface area contributed by atoms with Gasteiger partial charge in [-0.15, -0.1) is 0 Å². The summed E-state index contributed by atoms with van der Waals surface area (Å²) in [5.74, 6) is -1.17. The van der Waals surface area contributed by atoms with Crippen LogP contribution >= 0.6 is 0 Å². The highest BCUT2D eigenvalue weighted by molar-refractivity contribution is 5.95. The number of urea groups is 1. The fraction of sp³-hybridized carbons (Fsp3) is 0.400. The molecule has 0 aliphatic heterocycles. The number of carbonyl (C=O) groups is 3. The van der Waals surface area contributed by atoms with E-state index in [2.05, 4.69) is 10.6 Å². The minimum atomic E-state index is -0.658. The van der Waals surface area contributed by atoms with Gasteiger partial charge in [0.1, 0.15) is 0 Å². The van der Waals surface area contributed by atoms with Crippen molar-refractivity contribution in [2.24, 2.45) is 0 Å².